The third kappa shape index (κ3) is 3.91. The van der Waals surface area contributed by atoms with E-state index in [9.17, 15) is 9.18 Å². The van der Waals surface area contributed by atoms with Gasteiger partial charge in [-0.1, -0.05) is 6.07 Å². The van der Waals surface area contributed by atoms with Crippen molar-refractivity contribution in [3.8, 4) is 28.5 Å². The zero-order chi connectivity index (χ0) is 19.5. The van der Waals surface area contributed by atoms with E-state index >= 15 is 0 Å². The Kier molecular flexibility index (Phi) is 5.12. The molecule has 0 saturated heterocycles. The first kappa shape index (κ1) is 18.2. The number of amides is 1. The predicted octanol–water partition coefficient (Wildman–Crippen LogP) is 4.26. The van der Waals surface area contributed by atoms with E-state index in [-0.39, 0.29) is 24.9 Å². The molecule has 0 radical (unpaired) electrons. The van der Waals surface area contributed by atoms with Crippen LogP contribution >= 0.6 is 11.3 Å². The summed E-state index contributed by atoms with van der Waals surface area (Å²) in [5.74, 6) is 0.967. The second-order valence-electron chi connectivity index (χ2n) is 6.12. The molecule has 1 amide bonds. The minimum Gasteiger partial charge on any atom is -0.494 e. The number of thiazole rings is 1. The lowest BCUT2D eigenvalue weighted by atomic mass is 10.1. The number of benzene rings is 2. The highest BCUT2D eigenvalue weighted by Crippen LogP contribution is 2.36. The molecule has 1 N–H and O–H groups in total. The fourth-order valence-electron chi connectivity index (χ4n) is 2.82. The number of halogens is 1. The molecular weight excluding hydrogens is 383 g/mol. The van der Waals surface area contributed by atoms with Crippen LogP contribution in [0.15, 0.2) is 41.8 Å². The van der Waals surface area contributed by atoms with E-state index in [0.29, 0.717) is 23.1 Å². The van der Waals surface area contributed by atoms with Crippen LogP contribution in [-0.2, 0) is 11.2 Å². The van der Waals surface area contributed by atoms with Crippen LogP contribution in [0.5, 0.6) is 17.2 Å². The van der Waals surface area contributed by atoms with Crippen LogP contribution in [-0.4, -0.2) is 24.8 Å². The van der Waals surface area contributed by atoms with Gasteiger partial charge in [0.2, 0.25) is 12.7 Å². The van der Waals surface area contributed by atoms with Crippen molar-refractivity contribution in [1.29, 1.82) is 0 Å². The summed E-state index contributed by atoms with van der Waals surface area (Å²) in [6.45, 7) is 0.218. The van der Waals surface area contributed by atoms with Crippen LogP contribution in [0.3, 0.4) is 0 Å². The van der Waals surface area contributed by atoms with Gasteiger partial charge in [-0.05, 0) is 42.3 Å². The number of hydrogen-bond acceptors (Lipinski definition) is 6. The Morgan fingerprint density at radius 2 is 2.11 bits per heavy atom. The fraction of sp³-hybridized carbons (Fsp3) is 0.200. The molecule has 144 valence electrons. The van der Waals surface area contributed by atoms with Crippen molar-refractivity contribution in [2.75, 3.05) is 19.2 Å². The highest BCUT2D eigenvalue weighted by Gasteiger charge is 2.15. The summed E-state index contributed by atoms with van der Waals surface area (Å²) in [6, 6.07) is 10.3. The van der Waals surface area contributed by atoms with Gasteiger partial charge in [0, 0.05) is 17.4 Å². The molecule has 1 aliphatic heterocycles. The second-order valence-corrected chi connectivity index (χ2v) is 6.98. The number of hydrogen-bond donors (Lipinski definition) is 1. The number of fused-ring (bicyclic) bond motifs is 1. The number of aromatic nitrogens is 1. The Balaban J connectivity index is 1.36. The van der Waals surface area contributed by atoms with E-state index in [1.54, 1.807) is 12.1 Å². The van der Waals surface area contributed by atoms with E-state index < -0.39 is 5.82 Å². The zero-order valence-electron chi connectivity index (χ0n) is 15.0. The standard InChI is InChI=1S/C20H17FN2O4S/c1-25-16-5-2-12(8-14(16)21)3-7-19(24)23-20-22-15(10-28-20)13-4-6-17-18(9-13)27-11-26-17/h2,4-6,8-10H,3,7,11H2,1H3,(H,22,23,24). The quantitative estimate of drug-likeness (QED) is 0.670. The van der Waals surface area contributed by atoms with Gasteiger partial charge in [-0.3, -0.25) is 4.79 Å². The summed E-state index contributed by atoms with van der Waals surface area (Å²) in [5, 5.41) is 5.17. The molecule has 2 heterocycles. The van der Waals surface area contributed by atoms with Crippen molar-refractivity contribution < 1.29 is 23.4 Å². The molecular formula is C20H17FN2O4S. The second kappa shape index (κ2) is 7.85. The minimum atomic E-state index is -0.436. The maximum Gasteiger partial charge on any atom is 0.231 e. The van der Waals surface area contributed by atoms with E-state index in [4.69, 9.17) is 14.2 Å². The number of carbonyl (C=O) groups excluding carboxylic acids is 1. The van der Waals surface area contributed by atoms with Gasteiger partial charge in [0.05, 0.1) is 12.8 Å². The molecule has 0 spiro atoms. The number of carbonyl (C=O) groups is 1. The van der Waals surface area contributed by atoms with Gasteiger partial charge >= 0.3 is 0 Å². The van der Waals surface area contributed by atoms with Crippen LogP contribution < -0.4 is 19.5 Å². The molecule has 8 heteroatoms. The van der Waals surface area contributed by atoms with Crippen LogP contribution in [0.4, 0.5) is 9.52 Å². The molecule has 0 saturated carbocycles. The maximum atomic E-state index is 13.7. The first-order valence-electron chi connectivity index (χ1n) is 8.60. The average Bonchev–Trinajstić information content (AvgIpc) is 3.35. The van der Waals surface area contributed by atoms with E-state index in [0.717, 1.165) is 16.8 Å². The summed E-state index contributed by atoms with van der Waals surface area (Å²) < 4.78 is 29.3. The molecule has 4 rings (SSSR count). The predicted molar refractivity (Wildman–Crippen MR) is 104 cm³/mol. The highest BCUT2D eigenvalue weighted by atomic mass is 32.1. The van der Waals surface area contributed by atoms with Crippen LogP contribution in [0.25, 0.3) is 11.3 Å². The minimum absolute atomic E-state index is 0.178. The smallest absolute Gasteiger partial charge is 0.231 e. The van der Waals surface area contributed by atoms with E-state index in [1.165, 1.54) is 24.5 Å². The molecule has 0 aliphatic carbocycles. The topological polar surface area (TPSA) is 69.7 Å². The number of rotatable bonds is 6. The number of anilines is 1. The first-order chi connectivity index (χ1) is 13.6. The monoisotopic (exact) mass is 400 g/mol. The van der Waals surface area contributed by atoms with Crippen LogP contribution in [0.2, 0.25) is 0 Å². The number of aryl methyl sites for hydroxylation is 1. The molecule has 2 aromatic carbocycles. The van der Waals surface area contributed by atoms with Crippen molar-refractivity contribution in [3.05, 3.63) is 53.2 Å². The van der Waals surface area contributed by atoms with Gasteiger partial charge in [0.15, 0.2) is 28.2 Å². The number of ether oxygens (including phenoxy) is 3. The van der Waals surface area contributed by atoms with Gasteiger partial charge in [-0.25, -0.2) is 9.37 Å². The summed E-state index contributed by atoms with van der Waals surface area (Å²) >= 11 is 1.34. The summed E-state index contributed by atoms with van der Waals surface area (Å²) in [5.41, 5.74) is 2.36. The molecule has 1 aliphatic rings. The molecule has 1 aromatic heterocycles. The highest BCUT2D eigenvalue weighted by molar-refractivity contribution is 7.14. The lowest BCUT2D eigenvalue weighted by Crippen LogP contribution is -2.12. The van der Waals surface area contributed by atoms with Gasteiger partial charge in [0.25, 0.3) is 0 Å². The Hall–Kier alpha value is -3.13. The van der Waals surface area contributed by atoms with Crippen molar-refractivity contribution >= 4 is 22.4 Å². The largest absolute Gasteiger partial charge is 0.494 e. The number of nitrogens with zero attached hydrogens (tertiary/aromatic N) is 1. The maximum absolute atomic E-state index is 13.7. The van der Waals surface area contributed by atoms with E-state index in [1.807, 2.05) is 23.6 Å². The molecule has 0 bridgehead atoms. The Morgan fingerprint density at radius 3 is 2.93 bits per heavy atom. The Labute approximate surface area is 164 Å². The van der Waals surface area contributed by atoms with Crippen molar-refractivity contribution in [2.45, 2.75) is 12.8 Å². The zero-order valence-corrected chi connectivity index (χ0v) is 15.8. The van der Waals surface area contributed by atoms with Crippen molar-refractivity contribution in [3.63, 3.8) is 0 Å². The lowest BCUT2D eigenvalue weighted by Gasteiger charge is -2.05. The molecule has 0 atom stereocenters. The van der Waals surface area contributed by atoms with Crippen LogP contribution in [0.1, 0.15) is 12.0 Å². The normalized spacial score (nSPS) is 12.1. The molecule has 0 fully saturated rings. The Morgan fingerprint density at radius 1 is 1.25 bits per heavy atom. The number of nitrogens with one attached hydrogen (secondary N) is 1. The molecule has 3 aromatic rings. The van der Waals surface area contributed by atoms with Gasteiger partial charge in [-0.2, -0.15) is 0 Å². The van der Waals surface area contributed by atoms with Gasteiger partial charge in [-0.15, -0.1) is 11.3 Å². The fourth-order valence-corrected chi connectivity index (χ4v) is 3.56. The number of methoxy groups -OCH3 is 1. The molecule has 28 heavy (non-hydrogen) atoms. The third-order valence-electron chi connectivity index (χ3n) is 4.28. The SMILES string of the molecule is COc1ccc(CCC(=O)Nc2nc(-c3ccc4c(c3)OCO4)cs2)cc1F. The van der Waals surface area contributed by atoms with Crippen molar-refractivity contribution in [2.24, 2.45) is 0 Å². The first-order valence-corrected chi connectivity index (χ1v) is 9.48. The van der Waals surface area contributed by atoms with Crippen molar-refractivity contribution in [1.82, 2.24) is 4.98 Å². The summed E-state index contributed by atoms with van der Waals surface area (Å²) in [6.07, 6.45) is 0.651. The Bertz CT molecular complexity index is 1020. The van der Waals surface area contributed by atoms with E-state index in [2.05, 4.69) is 10.3 Å². The summed E-state index contributed by atoms with van der Waals surface area (Å²) in [7, 11) is 1.41. The van der Waals surface area contributed by atoms with Crippen LogP contribution in [0, 0.1) is 5.82 Å². The third-order valence-corrected chi connectivity index (χ3v) is 5.03. The van der Waals surface area contributed by atoms with Gasteiger partial charge in [0.1, 0.15) is 0 Å². The average molecular weight is 400 g/mol. The lowest BCUT2D eigenvalue weighted by molar-refractivity contribution is -0.116. The summed E-state index contributed by atoms with van der Waals surface area (Å²) in [4.78, 5) is 16.6. The molecule has 0 unspecified atom stereocenters. The van der Waals surface area contributed by atoms with Gasteiger partial charge < -0.3 is 19.5 Å². The molecule has 6 nitrogen and oxygen atoms in total.